The highest BCUT2D eigenvalue weighted by molar-refractivity contribution is 6.09. The predicted molar refractivity (Wildman–Crippen MR) is 91.8 cm³/mol. The fourth-order valence-electron chi connectivity index (χ4n) is 2.87. The third-order valence-electron chi connectivity index (χ3n) is 4.17. The second-order valence-corrected chi connectivity index (χ2v) is 6.57. The Morgan fingerprint density at radius 1 is 1.25 bits per heavy atom. The summed E-state index contributed by atoms with van der Waals surface area (Å²) in [5, 5.41) is 7.85. The van der Waals surface area contributed by atoms with Crippen LogP contribution in [-0.4, -0.2) is 22.1 Å². The molecule has 122 valence electrons. The molecule has 24 heavy (non-hydrogen) atoms. The van der Waals surface area contributed by atoms with Crippen LogP contribution in [0.5, 0.6) is 0 Å². The van der Waals surface area contributed by atoms with Gasteiger partial charge in [-0.1, -0.05) is 35.5 Å². The molecular formula is C19H19N3O2. The fourth-order valence-corrected chi connectivity index (χ4v) is 2.87. The first-order valence-electron chi connectivity index (χ1n) is 8.30. The van der Waals surface area contributed by atoms with Gasteiger partial charge in [0.2, 0.25) is 0 Å². The first-order valence-corrected chi connectivity index (χ1v) is 8.30. The molecule has 1 amide bonds. The van der Waals surface area contributed by atoms with E-state index in [9.17, 15) is 4.79 Å². The van der Waals surface area contributed by atoms with Gasteiger partial charge < -0.3 is 9.84 Å². The summed E-state index contributed by atoms with van der Waals surface area (Å²) in [5.74, 6) is 0.324. The molecule has 1 N–H and O–H groups in total. The summed E-state index contributed by atoms with van der Waals surface area (Å²) in [7, 11) is 0. The normalized spacial score (nSPS) is 14.3. The number of rotatable bonds is 4. The minimum absolute atomic E-state index is 0.0603. The van der Waals surface area contributed by atoms with Crippen LogP contribution in [-0.2, 0) is 0 Å². The van der Waals surface area contributed by atoms with E-state index in [1.165, 1.54) is 0 Å². The zero-order chi connectivity index (χ0) is 16.7. The molecule has 4 rings (SSSR count). The van der Waals surface area contributed by atoms with Gasteiger partial charge in [0.15, 0.2) is 0 Å². The van der Waals surface area contributed by atoms with E-state index in [4.69, 9.17) is 4.52 Å². The van der Waals surface area contributed by atoms with Crippen molar-refractivity contribution in [1.29, 1.82) is 0 Å². The Kier molecular flexibility index (Phi) is 3.56. The molecular weight excluding hydrogens is 302 g/mol. The number of amides is 1. The monoisotopic (exact) mass is 321 g/mol. The summed E-state index contributed by atoms with van der Waals surface area (Å²) in [6.07, 6.45) is 2.23. The molecule has 1 saturated carbocycles. The minimum Gasteiger partial charge on any atom is -0.350 e. The van der Waals surface area contributed by atoms with Crippen molar-refractivity contribution in [2.75, 3.05) is 0 Å². The van der Waals surface area contributed by atoms with Crippen molar-refractivity contribution in [3.8, 4) is 11.3 Å². The van der Waals surface area contributed by atoms with E-state index in [-0.39, 0.29) is 11.9 Å². The van der Waals surface area contributed by atoms with Crippen LogP contribution >= 0.6 is 0 Å². The Morgan fingerprint density at radius 2 is 2.00 bits per heavy atom. The maximum atomic E-state index is 12.7. The Labute approximate surface area is 140 Å². The van der Waals surface area contributed by atoms with Gasteiger partial charge in [0.05, 0.1) is 10.9 Å². The first-order chi connectivity index (χ1) is 11.6. The molecule has 5 nitrogen and oxygen atoms in total. The van der Waals surface area contributed by atoms with Crippen LogP contribution in [0.3, 0.4) is 0 Å². The number of pyridine rings is 1. The van der Waals surface area contributed by atoms with Crippen molar-refractivity contribution in [1.82, 2.24) is 15.5 Å². The Morgan fingerprint density at radius 3 is 2.67 bits per heavy atom. The Hall–Kier alpha value is -2.69. The number of nitrogens with one attached hydrogen (secondary N) is 1. The van der Waals surface area contributed by atoms with Crippen molar-refractivity contribution in [2.45, 2.75) is 38.6 Å². The number of aromatic nitrogens is 2. The molecule has 2 heterocycles. The van der Waals surface area contributed by atoms with Crippen LogP contribution in [0.2, 0.25) is 0 Å². The van der Waals surface area contributed by atoms with Crippen LogP contribution in [0.15, 0.2) is 40.9 Å². The van der Waals surface area contributed by atoms with Gasteiger partial charge in [-0.2, -0.15) is 0 Å². The maximum Gasteiger partial charge on any atom is 0.259 e. The van der Waals surface area contributed by atoms with Crippen LogP contribution in [0.4, 0.5) is 0 Å². The van der Waals surface area contributed by atoms with E-state index in [1.54, 1.807) is 0 Å². The second kappa shape index (κ2) is 5.74. The number of fused-ring (bicyclic) bond motifs is 1. The highest BCUT2D eigenvalue weighted by Gasteiger charge is 2.29. The third-order valence-corrected chi connectivity index (χ3v) is 4.17. The van der Waals surface area contributed by atoms with Gasteiger partial charge in [-0.05, 0) is 32.8 Å². The fraction of sp³-hybridized carbons (Fsp3) is 0.316. The number of carbonyl (C=O) groups excluding carboxylic acids is 1. The largest absolute Gasteiger partial charge is 0.350 e. The van der Waals surface area contributed by atoms with Crippen LogP contribution in [0.1, 0.15) is 48.7 Å². The molecule has 2 aromatic heterocycles. The molecule has 0 saturated heterocycles. The topological polar surface area (TPSA) is 68.0 Å². The maximum absolute atomic E-state index is 12.7. The number of hydrogen-bond acceptors (Lipinski definition) is 4. The average Bonchev–Trinajstić information content (AvgIpc) is 3.33. The summed E-state index contributed by atoms with van der Waals surface area (Å²) < 4.78 is 5.48. The summed E-state index contributed by atoms with van der Waals surface area (Å²) in [5.41, 5.74) is 3.53. The SMILES string of the molecule is CC(C)NC(=O)c1cc(C2CC2)nc2onc(-c3ccccc3)c12. The van der Waals surface area contributed by atoms with Gasteiger partial charge in [0.1, 0.15) is 5.69 Å². The molecule has 0 radical (unpaired) electrons. The van der Waals surface area contributed by atoms with E-state index in [0.29, 0.717) is 28.3 Å². The summed E-state index contributed by atoms with van der Waals surface area (Å²) in [6.45, 7) is 3.90. The van der Waals surface area contributed by atoms with Crippen molar-refractivity contribution in [2.24, 2.45) is 0 Å². The highest BCUT2D eigenvalue weighted by atomic mass is 16.5. The molecule has 0 atom stereocenters. The van der Waals surface area contributed by atoms with Crippen LogP contribution in [0, 0.1) is 0 Å². The number of hydrogen-bond donors (Lipinski definition) is 1. The van der Waals surface area contributed by atoms with Crippen LogP contribution < -0.4 is 5.32 Å². The van der Waals surface area contributed by atoms with Crippen molar-refractivity contribution in [3.63, 3.8) is 0 Å². The first kappa shape index (κ1) is 14.9. The zero-order valence-electron chi connectivity index (χ0n) is 13.7. The molecule has 3 aromatic rings. The summed E-state index contributed by atoms with van der Waals surface area (Å²) in [4.78, 5) is 17.3. The van der Waals surface area contributed by atoms with Gasteiger partial charge >= 0.3 is 0 Å². The van der Waals surface area contributed by atoms with E-state index >= 15 is 0 Å². The lowest BCUT2D eigenvalue weighted by atomic mass is 10.0. The molecule has 0 unspecified atom stereocenters. The van der Waals surface area contributed by atoms with E-state index in [0.717, 1.165) is 24.1 Å². The molecule has 1 aromatic carbocycles. The lowest BCUT2D eigenvalue weighted by molar-refractivity contribution is 0.0944. The van der Waals surface area contributed by atoms with E-state index in [1.807, 2.05) is 50.2 Å². The Balaban J connectivity index is 1.92. The van der Waals surface area contributed by atoms with Crippen molar-refractivity contribution in [3.05, 3.63) is 47.7 Å². The van der Waals surface area contributed by atoms with Gasteiger partial charge in [-0.3, -0.25) is 4.79 Å². The minimum atomic E-state index is -0.111. The lowest BCUT2D eigenvalue weighted by Crippen LogP contribution is -2.30. The molecule has 5 heteroatoms. The van der Waals surface area contributed by atoms with Gasteiger partial charge in [0.25, 0.3) is 11.6 Å². The standard InChI is InChI=1S/C19H19N3O2/c1-11(2)20-18(23)14-10-15(12-8-9-12)21-19-16(14)17(22-24-19)13-6-4-3-5-7-13/h3-7,10-12H,8-9H2,1-2H3,(H,20,23). The molecule has 0 spiro atoms. The van der Waals surface area contributed by atoms with Crippen molar-refractivity contribution >= 4 is 17.0 Å². The number of benzene rings is 1. The Bertz CT molecular complexity index is 896. The lowest BCUT2D eigenvalue weighted by Gasteiger charge is -2.10. The van der Waals surface area contributed by atoms with E-state index in [2.05, 4.69) is 15.5 Å². The quantitative estimate of drug-likeness (QED) is 0.791. The molecule has 0 bridgehead atoms. The van der Waals surface area contributed by atoms with Gasteiger partial charge in [-0.25, -0.2) is 4.98 Å². The number of carbonyl (C=O) groups is 1. The van der Waals surface area contributed by atoms with Crippen molar-refractivity contribution < 1.29 is 9.32 Å². The van der Waals surface area contributed by atoms with Gasteiger partial charge in [0, 0.05) is 23.2 Å². The summed E-state index contributed by atoms with van der Waals surface area (Å²) >= 11 is 0. The zero-order valence-corrected chi connectivity index (χ0v) is 13.7. The molecule has 1 fully saturated rings. The smallest absolute Gasteiger partial charge is 0.259 e. The van der Waals surface area contributed by atoms with Crippen LogP contribution in [0.25, 0.3) is 22.4 Å². The highest BCUT2D eigenvalue weighted by Crippen LogP contribution is 2.41. The second-order valence-electron chi connectivity index (χ2n) is 6.57. The molecule has 1 aliphatic carbocycles. The summed E-state index contributed by atoms with van der Waals surface area (Å²) in [6, 6.07) is 11.7. The number of nitrogens with zero attached hydrogens (tertiary/aromatic N) is 2. The van der Waals surface area contributed by atoms with E-state index < -0.39 is 0 Å². The third kappa shape index (κ3) is 2.66. The molecule has 0 aliphatic heterocycles. The van der Waals surface area contributed by atoms with Gasteiger partial charge in [-0.15, -0.1) is 0 Å². The molecule has 1 aliphatic rings. The predicted octanol–water partition coefficient (Wildman–Crippen LogP) is 3.91. The average molecular weight is 321 g/mol.